The Hall–Kier alpha value is -3.88. The molecule has 1 heterocycles. The Balaban J connectivity index is 1.59. The number of aryl methyl sites for hydroxylation is 2. The lowest BCUT2D eigenvalue weighted by Crippen LogP contribution is -2.34. The van der Waals surface area contributed by atoms with E-state index in [9.17, 15) is 9.59 Å². The summed E-state index contributed by atoms with van der Waals surface area (Å²) in [5.41, 5.74) is 3.91. The number of aromatic nitrogens is 2. The summed E-state index contributed by atoms with van der Waals surface area (Å²) in [6.07, 6.45) is 0. The van der Waals surface area contributed by atoms with Crippen LogP contribution in [-0.2, 0) is 0 Å². The standard InChI is InChI=1S/C23H26N4O5/c1-13-14(2)27-18-10-15(6-7-17(18)26-13)22(28)24-8-9-25-23(29)16-11-19(30-3)21(32-5)20(12-16)31-4/h6-7,10-12H,8-9H2,1-5H3,(H,24,28)(H,25,29). The topological polar surface area (TPSA) is 112 Å². The van der Waals surface area contributed by atoms with E-state index in [1.54, 1.807) is 30.3 Å². The van der Waals surface area contributed by atoms with Crippen molar-refractivity contribution >= 4 is 22.8 Å². The molecule has 0 aliphatic carbocycles. The Morgan fingerprint density at radius 1 is 0.750 bits per heavy atom. The Morgan fingerprint density at radius 3 is 1.81 bits per heavy atom. The van der Waals surface area contributed by atoms with Crippen LogP contribution in [-0.4, -0.2) is 56.2 Å². The van der Waals surface area contributed by atoms with Crippen LogP contribution in [0.1, 0.15) is 32.1 Å². The molecule has 0 fully saturated rings. The van der Waals surface area contributed by atoms with Crippen LogP contribution in [0.25, 0.3) is 11.0 Å². The lowest BCUT2D eigenvalue weighted by Gasteiger charge is -2.14. The van der Waals surface area contributed by atoms with Crippen molar-refractivity contribution in [1.29, 1.82) is 0 Å². The fourth-order valence-electron chi connectivity index (χ4n) is 3.14. The highest BCUT2D eigenvalue weighted by Gasteiger charge is 2.17. The molecule has 32 heavy (non-hydrogen) atoms. The zero-order chi connectivity index (χ0) is 23.3. The summed E-state index contributed by atoms with van der Waals surface area (Å²) in [5, 5.41) is 5.55. The SMILES string of the molecule is COc1cc(C(=O)NCCNC(=O)c2ccc3nc(C)c(C)nc3c2)cc(OC)c1OC. The predicted molar refractivity (Wildman–Crippen MR) is 120 cm³/mol. The van der Waals surface area contributed by atoms with Gasteiger partial charge in [0.25, 0.3) is 11.8 Å². The summed E-state index contributed by atoms with van der Waals surface area (Å²) < 4.78 is 15.8. The Kier molecular flexibility index (Phi) is 7.09. The summed E-state index contributed by atoms with van der Waals surface area (Å²) in [4.78, 5) is 33.9. The van der Waals surface area contributed by atoms with E-state index in [1.165, 1.54) is 21.3 Å². The molecular formula is C23H26N4O5. The van der Waals surface area contributed by atoms with E-state index < -0.39 is 0 Å². The molecule has 3 rings (SSSR count). The van der Waals surface area contributed by atoms with E-state index in [1.807, 2.05) is 13.8 Å². The molecule has 0 saturated heterocycles. The van der Waals surface area contributed by atoms with Gasteiger partial charge < -0.3 is 24.8 Å². The van der Waals surface area contributed by atoms with Crippen LogP contribution in [0.4, 0.5) is 0 Å². The van der Waals surface area contributed by atoms with Gasteiger partial charge in [-0.2, -0.15) is 0 Å². The summed E-state index contributed by atoms with van der Waals surface area (Å²) in [5.74, 6) is 0.591. The summed E-state index contributed by atoms with van der Waals surface area (Å²) in [6.45, 7) is 4.28. The third kappa shape index (κ3) is 4.88. The third-order valence-corrected chi connectivity index (χ3v) is 4.96. The number of benzene rings is 2. The average Bonchev–Trinajstić information content (AvgIpc) is 2.80. The fourth-order valence-corrected chi connectivity index (χ4v) is 3.14. The minimum atomic E-state index is -0.328. The van der Waals surface area contributed by atoms with Crippen molar-refractivity contribution < 1.29 is 23.8 Å². The number of carbonyl (C=O) groups excluding carboxylic acids is 2. The molecule has 0 bridgehead atoms. The van der Waals surface area contributed by atoms with Gasteiger partial charge in [-0.3, -0.25) is 9.59 Å². The van der Waals surface area contributed by atoms with Gasteiger partial charge in [-0.25, -0.2) is 9.97 Å². The third-order valence-electron chi connectivity index (χ3n) is 4.96. The largest absolute Gasteiger partial charge is 0.493 e. The number of rotatable bonds is 8. The van der Waals surface area contributed by atoms with Gasteiger partial charge in [-0.05, 0) is 44.2 Å². The van der Waals surface area contributed by atoms with Crippen molar-refractivity contribution in [2.45, 2.75) is 13.8 Å². The maximum Gasteiger partial charge on any atom is 0.251 e. The van der Waals surface area contributed by atoms with Crippen molar-refractivity contribution in [3.05, 3.63) is 52.8 Å². The van der Waals surface area contributed by atoms with Gasteiger partial charge in [0.05, 0.1) is 43.8 Å². The summed E-state index contributed by atoms with van der Waals surface area (Å²) in [6, 6.07) is 8.31. The molecule has 0 unspecified atom stereocenters. The van der Waals surface area contributed by atoms with Crippen molar-refractivity contribution in [2.75, 3.05) is 34.4 Å². The van der Waals surface area contributed by atoms with Crippen LogP contribution in [0.2, 0.25) is 0 Å². The maximum absolute atomic E-state index is 12.5. The molecule has 2 aromatic carbocycles. The molecule has 2 amide bonds. The van der Waals surface area contributed by atoms with E-state index in [0.717, 1.165) is 16.9 Å². The van der Waals surface area contributed by atoms with Crippen LogP contribution < -0.4 is 24.8 Å². The number of fused-ring (bicyclic) bond motifs is 1. The van der Waals surface area contributed by atoms with Crippen LogP contribution in [0.15, 0.2) is 30.3 Å². The Labute approximate surface area is 186 Å². The molecule has 9 nitrogen and oxygen atoms in total. The number of nitrogens with one attached hydrogen (secondary N) is 2. The van der Waals surface area contributed by atoms with Gasteiger partial charge in [0, 0.05) is 24.2 Å². The highest BCUT2D eigenvalue weighted by molar-refractivity contribution is 5.97. The molecule has 3 aromatic rings. The first-order valence-corrected chi connectivity index (χ1v) is 9.99. The number of hydrogen-bond acceptors (Lipinski definition) is 7. The Bertz CT molecular complexity index is 1140. The Morgan fingerprint density at radius 2 is 1.28 bits per heavy atom. The van der Waals surface area contributed by atoms with Crippen LogP contribution in [0.3, 0.4) is 0 Å². The van der Waals surface area contributed by atoms with Gasteiger partial charge in [-0.1, -0.05) is 0 Å². The zero-order valence-electron chi connectivity index (χ0n) is 18.7. The molecule has 0 radical (unpaired) electrons. The molecule has 0 spiro atoms. The zero-order valence-corrected chi connectivity index (χ0v) is 18.7. The second kappa shape index (κ2) is 9.95. The lowest BCUT2D eigenvalue weighted by atomic mass is 10.1. The highest BCUT2D eigenvalue weighted by atomic mass is 16.5. The first kappa shape index (κ1) is 22.8. The average molecular weight is 438 g/mol. The van der Waals surface area contributed by atoms with Gasteiger partial charge in [0.15, 0.2) is 11.5 Å². The molecule has 168 valence electrons. The van der Waals surface area contributed by atoms with Gasteiger partial charge >= 0.3 is 0 Å². The quantitative estimate of drug-likeness (QED) is 0.520. The van der Waals surface area contributed by atoms with Crippen molar-refractivity contribution in [1.82, 2.24) is 20.6 Å². The number of nitrogens with zero attached hydrogens (tertiary/aromatic N) is 2. The smallest absolute Gasteiger partial charge is 0.251 e. The first-order chi connectivity index (χ1) is 15.4. The normalized spacial score (nSPS) is 10.5. The van der Waals surface area contributed by atoms with Crippen LogP contribution in [0.5, 0.6) is 17.2 Å². The van der Waals surface area contributed by atoms with Gasteiger partial charge in [-0.15, -0.1) is 0 Å². The second-order valence-electron chi connectivity index (χ2n) is 7.02. The van der Waals surface area contributed by atoms with E-state index in [0.29, 0.717) is 33.9 Å². The van der Waals surface area contributed by atoms with E-state index in [-0.39, 0.29) is 24.9 Å². The molecule has 0 atom stereocenters. The van der Waals surface area contributed by atoms with Crippen molar-refractivity contribution in [3.63, 3.8) is 0 Å². The lowest BCUT2D eigenvalue weighted by molar-refractivity contribution is 0.0927. The molecular weight excluding hydrogens is 412 g/mol. The fraction of sp³-hybridized carbons (Fsp3) is 0.304. The van der Waals surface area contributed by atoms with Crippen LogP contribution in [0, 0.1) is 13.8 Å². The number of hydrogen-bond donors (Lipinski definition) is 2. The molecule has 1 aromatic heterocycles. The van der Waals surface area contributed by atoms with Gasteiger partial charge in [0.2, 0.25) is 5.75 Å². The van der Waals surface area contributed by atoms with E-state index in [4.69, 9.17) is 14.2 Å². The van der Waals surface area contributed by atoms with E-state index >= 15 is 0 Å². The summed E-state index contributed by atoms with van der Waals surface area (Å²) in [7, 11) is 4.46. The molecule has 0 aliphatic heterocycles. The minimum absolute atomic E-state index is 0.243. The number of amides is 2. The maximum atomic E-state index is 12.5. The van der Waals surface area contributed by atoms with Crippen molar-refractivity contribution in [3.8, 4) is 17.2 Å². The van der Waals surface area contributed by atoms with E-state index in [2.05, 4.69) is 20.6 Å². The van der Waals surface area contributed by atoms with Crippen molar-refractivity contribution in [2.24, 2.45) is 0 Å². The number of methoxy groups -OCH3 is 3. The molecule has 0 aliphatic rings. The summed E-state index contributed by atoms with van der Waals surface area (Å²) >= 11 is 0. The second-order valence-corrected chi connectivity index (χ2v) is 7.02. The van der Waals surface area contributed by atoms with Crippen LogP contribution >= 0.6 is 0 Å². The number of ether oxygens (including phenoxy) is 3. The molecule has 9 heteroatoms. The molecule has 0 saturated carbocycles. The molecule has 2 N–H and O–H groups in total. The van der Waals surface area contributed by atoms with Gasteiger partial charge in [0.1, 0.15) is 0 Å². The minimum Gasteiger partial charge on any atom is -0.493 e. The first-order valence-electron chi connectivity index (χ1n) is 9.99. The monoisotopic (exact) mass is 438 g/mol. The number of carbonyl (C=O) groups is 2. The highest BCUT2D eigenvalue weighted by Crippen LogP contribution is 2.38. The predicted octanol–water partition coefficient (Wildman–Crippen LogP) is 2.43.